The third-order valence-corrected chi connectivity index (χ3v) is 3.85. The molecule has 23 heavy (non-hydrogen) atoms. The van der Waals surface area contributed by atoms with E-state index in [9.17, 15) is 10.0 Å². The largest absolute Gasteiger partial charge is 0.497 e. The zero-order chi connectivity index (χ0) is 16.7. The topological polar surface area (TPSA) is 49.8 Å². The van der Waals surface area contributed by atoms with Crippen LogP contribution in [0.2, 0.25) is 0 Å². The van der Waals surface area contributed by atoms with Gasteiger partial charge < -0.3 is 4.74 Å². The molecule has 122 valence electrons. The number of ether oxygens (including phenoxy) is 1. The fourth-order valence-corrected chi connectivity index (χ4v) is 2.49. The molecule has 2 rings (SSSR count). The van der Waals surface area contributed by atoms with Crippen LogP contribution in [0.5, 0.6) is 5.75 Å². The quantitative estimate of drug-likeness (QED) is 0.621. The Kier molecular flexibility index (Phi) is 6.18. The maximum absolute atomic E-state index is 12.2. The van der Waals surface area contributed by atoms with Gasteiger partial charge in [-0.2, -0.15) is 5.06 Å². The first-order valence-corrected chi connectivity index (χ1v) is 7.88. The van der Waals surface area contributed by atoms with Crippen LogP contribution < -0.4 is 9.80 Å². The summed E-state index contributed by atoms with van der Waals surface area (Å²) in [6.45, 7) is 2.00. The van der Waals surface area contributed by atoms with E-state index in [2.05, 4.69) is 0 Å². The fourth-order valence-electron chi connectivity index (χ4n) is 2.49. The molecule has 0 aromatic heterocycles. The molecule has 0 fully saturated rings. The van der Waals surface area contributed by atoms with Crippen molar-refractivity contribution >= 4 is 11.6 Å². The van der Waals surface area contributed by atoms with Gasteiger partial charge in [0.1, 0.15) is 5.75 Å². The standard InChI is InChI=1S/C19H23NO3/c1-3-16-8-4-5-9-18(16)20(22)19(21)10-6-7-15-11-13-17(23-2)14-12-15/h4-5,8-9,11-14,22H,3,6-7,10H2,1-2H3. The molecule has 2 aromatic carbocycles. The third-order valence-electron chi connectivity index (χ3n) is 3.85. The van der Waals surface area contributed by atoms with Crippen LogP contribution in [0.25, 0.3) is 0 Å². The Balaban J connectivity index is 1.88. The van der Waals surface area contributed by atoms with Gasteiger partial charge in [-0.3, -0.25) is 10.0 Å². The molecule has 1 N–H and O–H groups in total. The molecule has 0 spiro atoms. The van der Waals surface area contributed by atoms with Crippen LogP contribution in [-0.4, -0.2) is 18.2 Å². The third kappa shape index (κ3) is 4.57. The number of hydroxylamine groups is 1. The van der Waals surface area contributed by atoms with Gasteiger partial charge in [0.05, 0.1) is 12.8 Å². The van der Waals surface area contributed by atoms with Gasteiger partial charge in [-0.05, 0) is 48.6 Å². The molecule has 0 aliphatic heterocycles. The molecule has 0 saturated carbocycles. The van der Waals surface area contributed by atoms with Crippen molar-refractivity contribution in [2.24, 2.45) is 0 Å². The number of carbonyl (C=O) groups excluding carboxylic acids is 1. The molecule has 0 bridgehead atoms. The van der Waals surface area contributed by atoms with Crippen LogP contribution in [0.4, 0.5) is 5.69 Å². The lowest BCUT2D eigenvalue weighted by molar-refractivity contribution is -0.123. The Morgan fingerprint density at radius 2 is 1.83 bits per heavy atom. The lowest BCUT2D eigenvalue weighted by Gasteiger charge is -2.18. The summed E-state index contributed by atoms with van der Waals surface area (Å²) in [5.74, 6) is 0.543. The highest BCUT2D eigenvalue weighted by Crippen LogP contribution is 2.21. The van der Waals surface area contributed by atoms with Crippen molar-refractivity contribution in [2.45, 2.75) is 32.6 Å². The van der Waals surface area contributed by atoms with Crippen molar-refractivity contribution in [2.75, 3.05) is 12.2 Å². The van der Waals surface area contributed by atoms with E-state index in [1.54, 1.807) is 13.2 Å². The summed E-state index contributed by atoms with van der Waals surface area (Å²) < 4.78 is 5.12. The molecule has 0 aliphatic carbocycles. The van der Waals surface area contributed by atoms with E-state index in [1.807, 2.05) is 49.4 Å². The molecule has 0 heterocycles. The summed E-state index contributed by atoms with van der Waals surface area (Å²) in [6, 6.07) is 15.2. The maximum Gasteiger partial charge on any atom is 0.250 e. The Hall–Kier alpha value is -2.33. The lowest BCUT2D eigenvalue weighted by atomic mass is 10.1. The Bertz CT molecular complexity index is 637. The number of hydrogen-bond acceptors (Lipinski definition) is 3. The van der Waals surface area contributed by atoms with Crippen molar-refractivity contribution in [3.63, 3.8) is 0 Å². The summed E-state index contributed by atoms with van der Waals surface area (Å²) in [4.78, 5) is 12.2. The van der Waals surface area contributed by atoms with Crippen molar-refractivity contribution in [3.8, 4) is 5.75 Å². The molecular formula is C19H23NO3. The van der Waals surface area contributed by atoms with Gasteiger partial charge >= 0.3 is 0 Å². The summed E-state index contributed by atoms with van der Waals surface area (Å²) in [5, 5.41) is 10.9. The highest BCUT2D eigenvalue weighted by atomic mass is 16.5. The number of rotatable bonds is 7. The summed E-state index contributed by atoms with van der Waals surface area (Å²) in [7, 11) is 1.64. The van der Waals surface area contributed by atoms with E-state index >= 15 is 0 Å². The van der Waals surface area contributed by atoms with Gasteiger partial charge in [-0.1, -0.05) is 37.3 Å². The second-order valence-corrected chi connectivity index (χ2v) is 5.39. The van der Waals surface area contributed by atoms with Gasteiger partial charge in [-0.25, -0.2) is 0 Å². The molecule has 2 aromatic rings. The number of carbonyl (C=O) groups is 1. The van der Waals surface area contributed by atoms with E-state index in [-0.39, 0.29) is 5.91 Å². The van der Waals surface area contributed by atoms with Crippen LogP contribution in [0, 0.1) is 0 Å². The maximum atomic E-state index is 12.2. The van der Waals surface area contributed by atoms with E-state index in [0.29, 0.717) is 18.5 Å². The zero-order valence-corrected chi connectivity index (χ0v) is 13.7. The zero-order valence-electron chi connectivity index (χ0n) is 13.7. The highest BCUT2D eigenvalue weighted by Gasteiger charge is 2.15. The summed E-state index contributed by atoms with van der Waals surface area (Å²) >= 11 is 0. The van der Waals surface area contributed by atoms with Gasteiger partial charge in [0, 0.05) is 6.42 Å². The Morgan fingerprint density at radius 1 is 1.13 bits per heavy atom. The molecule has 0 atom stereocenters. The monoisotopic (exact) mass is 313 g/mol. The minimum atomic E-state index is -0.278. The average molecular weight is 313 g/mol. The molecule has 0 unspecified atom stereocenters. The minimum absolute atomic E-state index is 0.278. The SMILES string of the molecule is CCc1ccccc1N(O)C(=O)CCCc1ccc(OC)cc1. The van der Waals surface area contributed by atoms with Crippen LogP contribution in [0.3, 0.4) is 0 Å². The van der Waals surface area contributed by atoms with Crippen LogP contribution in [0.15, 0.2) is 48.5 Å². The van der Waals surface area contributed by atoms with Gasteiger partial charge in [-0.15, -0.1) is 0 Å². The van der Waals surface area contributed by atoms with Gasteiger partial charge in [0.25, 0.3) is 5.91 Å². The second kappa shape index (κ2) is 8.34. The van der Waals surface area contributed by atoms with Crippen LogP contribution in [-0.2, 0) is 17.6 Å². The van der Waals surface area contributed by atoms with Gasteiger partial charge in [0.2, 0.25) is 0 Å². The minimum Gasteiger partial charge on any atom is -0.497 e. The molecular weight excluding hydrogens is 290 g/mol. The van der Waals surface area contributed by atoms with E-state index in [4.69, 9.17) is 4.74 Å². The highest BCUT2D eigenvalue weighted by molar-refractivity contribution is 5.91. The number of nitrogens with zero attached hydrogens (tertiary/aromatic N) is 1. The first-order valence-electron chi connectivity index (χ1n) is 7.88. The predicted molar refractivity (Wildman–Crippen MR) is 91.0 cm³/mol. The van der Waals surface area contributed by atoms with Crippen molar-refractivity contribution in [1.29, 1.82) is 0 Å². The molecule has 1 amide bonds. The normalized spacial score (nSPS) is 10.4. The number of hydrogen-bond donors (Lipinski definition) is 1. The van der Waals surface area contributed by atoms with E-state index in [1.165, 1.54) is 0 Å². The molecule has 0 aliphatic rings. The van der Waals surface area contributed by atoms with E-state index in [0.717, 1.165) is 34.8 Å². The summed E-state index contributed by atoms with van der Waals surface area (Å²) in [6.07, 6.45) is 2.56. The predicted octanol–water partition coefficient (Wildman–Crippen LogP) is 4.00. The molecule has 0 saturated heterocycles. The Labute approximate surface area is 137 Å². The first-order chi connectivity index (χ1) is 11.2. The fraction of sp³-hybridized carbons (Fsp3) is 0.316. The number of aryl methyl sites for hydroxylation is 2. The van der Waals surface area contributed by atoms with Crippen molar-refractivity contribution in [1.82, 2.24) is 0 Å². The van der Waals surface area contributed by atoms with Crippen LogP contribution in [0.1, 0.15) is 30.9 Å². The second-order valence-electron chi connectivity index (χ2n) is 5.39. The first kappa shape index (κ1) is 17.0. The van der Waals surface area contributed by atoms with Crippen LogP contribution >= 0.6 is 0 Å². The number of methoxy groups -OCH3 is 1. The molecule has 4 heteroatoms. The summed E-state index contributed by atoms with van der Waals surface area (Å²) in [5.41, 5.74) is 2.68. The molecule has 4 nitrogen and oxygen atoms in total. The molecule has 0 radical (unpaired) electrons. The number of para-hydroxylation sites is 1. The smallest absolute Gasteiger partial charge is 0.250 e. The van der Waals surface area contributed by atoms with Gasteiger partial charge in [0.15, 0.2) is 0 Å². The average Bonchev–Trinajstić information content (AvgIpc) is 2.61. The number of amides is 1. The Morgan fingerprint density at radius 3 is 2.48 bits per heavy atom. The number of anilines is 1. The van der Waals surface area contributed by atoms with Crippen molar-refractivity contribution < 1.29 is 14.7 Å². The van der Waals surface area contributed by atoms with Crippen molar-refractivity contribution in [3.05, 3.63) is 59.7 Å². The van der Waals surface area contributed by atoms with E-state index < -0.39 is 0 Å². The number of benzene rings is 2. The lowest BCUT2D eigenvalue weighted by Crippen LogP contribution is -2.27.